The number of hydrogen-bond donors (Lipinski definition) is 1. The molecule has 106 valence electrons. The zero-order valence-corrected chi connectivity index (χ0v) is 11.7. The lowest BCUT2D eigenvalue weighted by molar-refractivity contribution is -0.127. The molecule has 1 amide bonds. The minimum atomic E-state index is -0.439. The fraction of sp³-hybridized carbons (Fsp3) is 0.167. The van der Waals surface area contributed by atoms with Crippen LogP contribution in [0.25, 0.3) is 11.1 Å². The zero-order valence-electron chi connectivity index (χ0n) is 11.7. The smallest absolute Gasteiger partial charge is 0.261 e. The summed E-state index contributed by atoms with van der Waals surface area (Å²) >= 11 is 0. The molecule has 0 saturated carbocycles. The maximum absolute atomic E-state index is 11.9. The summed E-state index contributed by atoms with van der Waals surface area (Å²) in [6.45, 7) is 4.05. The van der Waals surface area contributed by atoms with E-state index in [0.29, 0.717) is 13.0 Å². The Labute approximate surface area is 124 Å². The molecule has 1 aliphatic rings. The third-order valence-electron chi connectivity index (χ3n) is 3.56. The number of amides is 1. The third-order valence-corrected chi connectivity index (χ3v) is 3.56. The molecule has 0 fully saturated rings. The van der Waals surface area contributed by atoms with Crippen LogP contribution in [0, 0.1) is 0 Å². The van der Waals surface area contributed by atoms with Gasteiger partial charge < -0.3 is 10.1 Å². The van der Waals surface area contributed by atoms with Gasteiger partial charge in [-0.2, -0.15) is 0 Å². The van der Waals surface area contributed by atoms with Gasteiger partial charge in [-0.3, -0.25) is 4.79 Å². The second kappa shape index (κ2) is 5.83. The first-order chi connectivity index (χ1) is 10.3. The Hall–Kier alpha value is -2.55. The summed E-state index contributed by atoms with van der Waals surface area (Å²) in [5.74, 6) is 0.709. The second-order valence-electron chi connectivity index (χ2n) is 5.03. The Morgan fingerprint density at radius 2 is 2.05 bits per heavy atom. The molecule has 0 radical (unpaired) electrons. The van der Waals surface area contributed by atoms with Crippen LogP contribution in [-0.4, -0.2) is 18.6 Å². The Kier molecular flexibility index (Phi) is 3.73. The lowest BCUT2D eigenvalue weighted by Gasteiger charge is -2.09. The number of ether oxygens (including phenoxy) is 1. The third kappa shape index (κ3) is 2.82. The monoisotopic (exact) mass is 279 g/mol. The van der Waals surface area contributed by atoms with Crippen molar-refractivity contribution in [1.82, 2.24) is 5.32 Å². The molecule has 1 unspecified atom stereocenters. The molecular formula is C18H17NO2. The number of rotatable bonds is 4. The Morgan fingerprint density at radius 3 is 2.81 bits per heavy atom. The van der Waals surface area contributed by atoms with Crippen LogP contribution < -0.4 is 10.1 Å². The molecule has 2 aromatic rings. The van der Waals surface area contributed by atoms with E-state index in [1.165, 1.54) is 5.56 Å². The van der Waals surface area contributed by atoms with E-state index < -0.39 is 6.10 Å². The van der Waals surface area contributed by atoms with Gasteiger partial charge in [0.05, 0.1) is 0 Å². The van der Waals surface area contributed by atoms with Crippen molar-refractivity contribution in [2.24, 2.45) is 0 Å². The highest BCUT2D eigenvalue weighted by molar-refractivity contribution is 5.83. The van der Waals surface area contributed by atoms with Crippen molar-refractivity contribution < 1.29 is 9.53 Å². The van der Waals surface area contributed by atoms with Crippen LogP contribution in [0.4, 0.5) is 0 Å². The second-order valence-corrected chi connectivity index (χ2v) is 5.03. The summed E-state index contributed by atoms with van der Waals surface area (Å²) in [5.41, 5.74) is 3.39. The average molecular weight is 279 g/mol. The molecule has 0 aliphatic carbocycles. The van der Waals surface area contributed by atoms with Crippen LogP contribution in [-0.2, 0) is 11.2 Å². The van der Waals surface area contributed by atoms with Crippen molar-refractivity contribution >= 4 is 5.91 Å². The number of hydrogen-bond acceptors (Lipinski definition) is 2. The molecule has 3 heteroatoms. The van der Waals surface area contributed by atoms with E-state index >= 15 is 0 Å². The van der Waals surface area contributed by atoms with Crippen molar-refractivity contribution in [3.63, 3.8) is 0 Å². The fourth-order valence-electron chi connectivity index (χ4n) is 2.49. The predicted octanol–water partition coefficient (Wildman–Crippen LogP) is 2.96. The summed E-state index contributed by atoms with van der Waals surface area (Å²) in [7, 11) is 0. The van der Waals surface area contributed by atoms with Crippen LogP contribution in [0.1, 0.15) is 5.56 Å². The van der Waals surface area contributed by atoms with Crippen molar-refractivity contribution in [1.29, 1.82) is 0 Å². The van der Waals surface area contributed by atoms with Gasteiger partial charge in [-0.05, 0) is 28.8 Å². The lowest BCUT2D eigenvalue weighted by Crippen LogP contribution is -2.37. The largest absolute Gasteiger partial charge is 0.480 e. The number of fused-ring (bicyclic) bond motifs is 1. The highest BCUT2D eigenvalue weighted by Crippen LogP contribution is 2.32. The van der Waals surface area contributed by atoms with Crippen LogP contribution >= 0.6 is 0 Å². The molecule has 3 rings (SSSR count). The number of carbonyl (C=O) groups is 1. The molecule has 0 saturated heterocycles. The molecular weight excluding hydrogens is 262 g/mol. The highest BCUT2D eigenvalue weighted by atomic mass is 16.5. The maximum atomic E-state index is 11.9. The number of nitrogens with one attached hydrogen (secondary N) is 1. The van der Waals surface area contributed by atoms with Gasteiger partial charge in [0.25, 0.3) is 5.91 Å². The van der Waals surface area contributed by atoms with Crippen LogP contribution in [0.2, 0.25) is 0 Å². The topological polar surface area (TPSA) is 38.3 Å². The molecule has 0 spiro atoms. The normalized spacial score (nSPS) is 15.9. The molecule has 1 atom stereocenters. The SMILES string of the molecule is C=CCNC(=O)C1Cc2cc(-c3ccccc3)ccc2O1. The summed E-state index contributed by atoms with van der Waals surface area (Å²) < 4.78 is 5.71. The minimum Gasteiger partial charge on any atom is -0.480 e. The van der Waals surface area contributed by atoms with E-state index in [9.17, 15) is 4.79 Å². The predicted molar refractivity (Wildman–Crippen MR) is 83.2 cm³/mol. The average Bonchev–Trinajstić information content (AvgIpc) is 2.96. The Balaban J connectivity index is 1.78. The fourth-order valence-corrected chi connectivity index (χ4v) is 2.49. The first-order valence-corrected chi connectivity index (χ1v) is 7.01. The van der Waals surface area contributed by atoms with Gasteiger partial charge in [0.2, 0.25) is 0 Å². The summed E-state index contributed by atoms with van der Waals surface area (Å²) in [5, 5.41) is 2.77. The first kappa shape index (κ1) is 13.4. The molecule has 3 nitrogen and oxygen atoms in total. The van der Waals surface area contributed by atoms with Gasteiger partial charge in [-0.1, -0.05) is 42.5 Å². The van der Waals surface area contributed by atoms with Crippen molar-refractivity contribution in [2.75, 3.05) is 6.54 Å². The molecule has 1 N–H and O–H groups in total. The van der Waals surface area contributed by atoms with Gasteiger partial charge >= 0.3 is 0 Å². The van der Waals surface area contributed by atoms with Gasteiger partial charge in [0.1, 0.15) is 5.75 Å². The quantitative estimate of drug-likeness (QED) is 0.874. The van der Waals surface area contributed by atoms with E-state index in [4.69, 9.17) is 4.74 Å². The van der Waals surface area contributed by atoms with Gasteiger partial charge in [0.15, 0.2) is 6.10 Å². The molecule has 0 bridgehead atoms. The molecule has 1 heterocycles. The molecule has 21 heavy (non-hydrogen) atoms. The van der Waals surface area contributed by atoms with Crippen LogP contribution in [0.15, 0.2) is 61.2 Å². The van der Waals surface area contributed by atoms with E-state index in [-0.39, 0.29) is 5.91 Å². The van der Waals surface area contributed by atoms with Gasteiger partial charge in [-0.15, -0.1) is 6.58 Å². The standard InChI is InChI=1S/C18H17NO2/c1-2-10-19-18(20)17-12-15-11-14(8-9-16(15)21-17)13-6-4-3-5-7-13/h2-9,11,17H,1,10,12H2,(H,19,20). The van der Waals surface area contributed by atoms with Crippen LogP contribution in [0.5, 0.6) is 5.75 Å². The molecule has 2 aromatic carbocycles. The van der Waals surface area contributed by atoms with E-state index in [0.717, 1.165) is 16.9 Å². The van der Waals surface area contributed by atoms with Crippen molar-refractivity contribution in [2.45, 2.75) is 12.5 Å². The number of carbonyl (C=O) groups excluding carboxylic acids is 1. The molecule has 0 aromatic heterocycles. The van der Waals surface area contributed by atoms with Crippen molar-refractivity contribution in [3.05, 3.63) is 66.7 Å². The maximum Gasteiger partial charge on any atom is 0.261 e. The zero-order chi connectivity index (χ0) is 14.7. The summed E-state index contributed by atoms with van der Waals surface area (Å²) in [4.78, 5) is 11.9. The highest BCUT2D eigenvalue weighted by Gasteiger charge is 2.28. The minimum absolute atomic E-state index is 0.0904. The summed E-state index contributed by atoms with van der Waals surface area (Å²) in [6, 6.07) is 16.3. The van der Waals surface area contributed by atoms with E-state index in [2.05, 4.69) is 30.1 Å². The van der Waals surface area contributed by atoms with Gasteiger partial charge in [0, 0.05) is 13.0 Å². The van der Waals surface area contributed by atoms with Crippen molar-refractivity contribution in [3.8, 4) is 16.9 Å². The van der Waals surface area contributed by atoms with Gasteiger partial charge in [-0.25, -0.2) is 0 Å². The lowest BCUT2D eigenvalue weighted by atomic mass is 10.0. The summed E-state index contributed by atoms with van der Waals surface area (Å²) in [6.07, 6.45) is 1.83. The first-order valence-electron chi connectivity index (χ1n) is 7.01. The van der Waals surface area contributed by atoms with Crippen LogP contribution in [0.3, 0.4) is 0 Å². The molecule has 1 aliphatic heterocycles. The number of benzene rings is 2. The Bertz CT molecular complexity index is 664. The van der Waals surface area contributed by atoms with E-state index in [1.807, 2.05) is 30.3 Å². The Morgan fingerprint density at radius 1 is 1.24 bits per heavy atom. The van der Waals surface area contributed by atoms with E-state index in [1.54, 1.807) is 6.08 Å².